The monoisotopic (exact) mass is 274 g/mol. The first-order valence-electron chi connectivity index (χ1n) is 6.41. The number of aliphatic carboxylic acids is 1. The first-order valence-corrected chi connectivity index (χ1v) is 6.41. The molecule has 0 aromatic carbocycles. The number of rotatable bonds is 3. The van der Waals surface area contributed by atoms with E-state index in [4.69, 9.17) is 5.11 Å². The Morgan fingerprint density at radius 1 is 1.32 bits per heavy atom. The number of hydrogen-bond donors (Lipinski definition) is 4. The molecule has 1 rings (SSSR count). The molecule has 2 amide bonds. The Morgan fingerprint density at radius 2 is 1.95 bits per heavy atom. The van der Waals surface area contributed by atoms with E-state index in [0.717, 1.165) is 0 Å². The van der Waals surface area contributed by atoms with Crippen molar-refractivity contribution in [1.82, 2.24) is 10.2 Å². The first kappa shape index (κ1) is 15.7. The van der Waals surface area contributed by atoms with Crippen LogP contribution in [-0.2, 0) is 4.79 Å². The third-order valence-electron chi connectivity index (χ3n) is 3.38. The van der Waals surface area contributed by atoms with Crippen molar-refractivity contribution in [3.05, 3.63) is 0 Å². The molecule has 1 unspecified atom stereocenters. The Balaban J connectivity index is 2.60. The van der Waals surface area contributed by atoms with Crippen molar-refractivity contribution in [3.63, 3.8) is 0 Å². The molecule has 19 heavy (non-hydrogen) atoms. The highest BCUT2D eigenvalue weighted by Crippen LogP contribution is 2.21. The standard InChI is InChI=1S/C12H22N2O5/c1-8(15)9(10(16)17)13-11(18)14-6-3-4-12(2,19)5-7-14/h8-9,15,19H,3-7H2,1-2H3,(H,13,18)(H,16,17)/t8-,9+,12?/m1/s1. The van der Waals surface area contributed by atoms with Gasteiger partial charge in [0.2, 0.25) is 0 Å². The number of carboxylic acid groups (broad SMARTS) is 1. The molecule has 0 bridgehead atoms. The summed E-state index contributed by atoms with van der Waals surface area (Å²) >= 11 is 0. The van der Waals surface area contributed by atoms with Crippen molar-refractivity contribution in [2.24, 2.45) is 0 Å². The molecule has 0 saturated carbocycles. The van der Waals surface area contributed by atoms with Gasteiger partial charge in [0.05, 0.1) is 11.7 Å². The molecule has 1 aliphatic heterocycles. The molecule has 0 aliphatic carbocycles. The molecule has 0 radical (unpaired) electrons. The molecule has 1 aliphatic rings. The zero-order chi connectivity index (χ0) is 14.6. The van der Waals surface area contributed by atoms with E-state index in [-0.39, 0.29) is 0 Å². The van der Waals surface area contributed by atoms with Crippen molar-refractivity contribution in [1.29, 1.82) is 0 Å². The lowest BCUT2D eigenvalue weighted by molar-refractivity contribution is -0.141. The summed E-state index contributed by atoms with van der Waals surface area (Å²) in [4.78, 5) is 24.3. The Bertz CT molecular complexity index is 343. The van der Waals surface area contributed by atoms with Gasteiger partial charge >= 0.3 is 12.0 Å². The van der Waals surface area contributed by atoms with Gasteiger partial charge in [-0.05, 0) is 33.1 Å². The van der Waals surface area contributed by atoms with Gasteiger partial charge in [-0.2, -0.15) is 0 Å². The molecule has 0 aromatic heterocycles. The summed E-state index contributed by atoms with van der Waals surface area (Å²) < 4.78 is 0. The molecule has 1 heterocycles. The average molecular weight is 274 g/mol. The lowest BCUT2D eigenvalue weighted by Gasteiger charge is -2.25. The van der Waals surface area contributed by atoms with Crippen LogP contribution in [0.25, 0.3) is 0 Å². The minimum absolute atomic E-state index is 0.366. The zero-order valence-electron chi connectivity index (χ0n) is 11.3. The van der Waals surface area contributed by atoms with Crippen molar-refractivity contribution >= 4 is 12.0 Å². The Hall–Kier alpha value is -1.34. The Labute approximate surface area is 112 Å². The van der Waals surface area contributed by atoms with Crippen LogP contribution in [0.1, 0.15) is 33.1 Å². The normalized spacial score (nSPS) is 27.3. The molecular weight excluding hydrogens is 252 g/mol. The topological polar surface area (TPSA) is 110 Å². The van der Waals surface area contributed by atoms with Gasteiger partial charge in [-0.25, -0.2) is 9.59 Å². The van der Waals surface area contributed by atoms with Gasteiger partial charge in [-0.15, -0.1) is 0 Å². The fourth-order valence-corrected chi connectivity index (χ4v) is 2.08. The Morgan fingerprint density at radius 3 is 2.47 bits per heavy atom. The van der Waals surface area contributed by atoms with Crippen molar-refractivity contribution in [2.45, 2.75) is 50.9 Å². The fourth-order valence-electron chi connectivity index (χ4n) is 2.08. The number of hydrogen-bond acceptors (Lipinski definition) is 4. The van der Waals surface area contributed by atoms with Crippen LogP contribution in [-0.4, -0.2) is 63.1 Å². The van der Waals surface area contributed by atoms with E-state index in [1.165, 1.54) is 11.8 Å². The van der Waals surface area contributed by atoms with Crippen LogP contribution in [0.3, 0.4) is 0 Å². The number of likely N-dealkylation sites (tertiary alicyclic amines) is 1. The van der Waals surface area contributed by atoms with E-state index in [2.05, 4.69) is 5.32 Å². The van der Waals surface area contributed by atoms with Crippen molar-refractivity contribution in [3.8, 4) is 0 Å². The molecule has 4 N–H and O–H groups in total. The molecule has 7 heteroatoms. The quantitative estimate of drug-likeness (QED) is 0.568. The minimum atomic E-state index is -1.32. The molecule has 1 fully saturated rings. The number of carboxylic acids is 1. The fraction of sp³-hybridized carbons (Fsp3) is 0.833. The smallest absolute Gasteiger partial charge is 0.328 e. The Kier molecular flexibility index (Phi) is 5.13. The maximum atomic E-state index is 11.9. The summed E-state index contributed by atoms with van der Waals surface area (Å²) in [5.74, 6) is -1.27. The van der Waals surface area contributed by atoms with Crippen LogP contribution < -0.4 is 5.32 Å². The highest BCUT2D eigenvalue weighted by molar-refractivity contribution is 5.83. The van der Waals surface area contributed by atoms with E-state index >= 15 is 0 Å². The maximum absolute atomic E-state index is 11.9. The van der Waals surface area contributed by atoms with Crippen LogP contribution in [0.2, 0.25) is 0 Å². The highest BCUT2D eigenvalue weighted by atomic mass is 16.4. The number of amides is 2. The minimum Gasteiger partial charge on any atom is -0.480 e. The van der Waals surface area contributed by atoms with Crippen LogP contribution in [0, 0.1) is 0 Å². The molecule has 1 saturated heterocycles. The largest absolute Gasteiger partial charge is 0.480 e. The average Bonchev–Trinajstić information content (AvgIpc) is 2.46. The molecule has 3 atom stereocenters. The SMILES string of the molecule is C[C@@H](O)[C@H](NC(=O)N1CCCC(C)(O)CC1)C(=O)O. The van der Waals surface area contributed by atoms with Gasteiger partial charge < -0.3 is 25.5 Å². The van der Waals surface area contributed by atoms with Gasteiger partial charge in [-0.3, -0.25) is 0 Å². The van der Waals surface area contributed by atoms with Gasteiger partial charge in [-0.1, -0.05) is 0 Å². The third kappa shape index (κ3) is 4.68. The van der Waals surface area contributed by atoms with Crippen molar-refractivity contribution < 1.29 is 24.9 Å². The van der Waals surface area contributed by atoms with Gasteiger partial charge in [0.15, 0.2) is 6.04 Å². The molecule has 0 spiro atoms. The maximum Gasteiger partial charge on any atom is 0.328 e. The second-order valence-electron chi connectivity index (χ2n) is 5.34. The number of aliphatic hydroxyl groups is 2. The van der Waals surface area contributed by atoms with Crippen LogP contribution in [0.5, 0.6) is 0 Å². The van der Waals surface area contributed by atoms with Crippen LogP contribution >= 0.6 is 0 Å². The summed E-state index contributed by atoms with van der Waals surface area (Å²) in [5.41, 5.74) is -0.786. The van der Waals surface area contributed by atoms with E-state index in [0.29, 0.717) is 32.4 Å². The summed E-state index contributed by atoms with van der Waals surface area (Å²) in [7, 11) is 0. The van der Waals surface area contributed by atoms with E-state index in [9.17, 15) is 19.8 Å². The summed E-state index contributed by atoms with van der Waals surface area (Å²) in [6.07, 6.45) is 0.548. The summed E-state index contributed by atoms with van der Waals surface area (Å²) in [6, 6.07) is -1.85. The zero-order valence-corrected chi connectivity index (χ0v) is 11.3. The molecule has 0 aromatic rings. The predicted octanol–water partition coefficient (Wildman–Crippen LogP) is -0.233. The number of aliphatic hydroxyl groups excluding tert-OH is 1. The number of carbonyl (C=O) groups excluding carboxylic acids is 1. The first-order chi connectivity index (χ1) is 8.73. The van der Waals surface area contributed by atoms with Crippen LogP contribution in [0.4, 0.5) is 4.79 Å². The lowest BCUT2D eigenvalue weighted by atomic mass is 9.98. The van der Waals surface area contributed by atoms with Crippen LogP contribution in [0.15, 0.2) is 0 Å². The second-order valence-corrected chi connectivity index (χ2v) is 5.34. The molecular formula is C12H22N2O5. The van der Waals surface area contributed by atoms with E-state index in [1.807, 2.05) is 0 Å². The second kappa shape index (κ2) is 6.21. The summed E-state index contributed by atoms with van der Waals surface area (Å²) in [6.45, 7) is 3.87. The number of nitrogens with one attached hydrogen (secondary N) is 1. The number of nitrogens with zero attached hydrogens (tertiary/aromatic N) is 1. The highest BCUT2D eigenvalue weighted by Gasteiger charge is 2.30. The van der Waals surface area contributed by atoms with E-state index in [1.54, 1.807) is 6.92 Å². The molecule has 110 valence electrons. The predicted molar refractivity (Wildman–Crippen MR) is 67.7 cm³/mol. The van der Waals surface area contributed by atoms with E-state index < -0.39 is 29.7 Å². The lowest BCUT2D eigenvalue weighted by Crippen LogP contribution is -2.52. The third-order valence-corrected chi connectivity index (χ3v) is 3.38. The van der Waals surface area contributed by atoms with Crippen molar-refractivity contribution in [2.75, 3.05) is 13.1 Å². The van der Waals surface area contributed by atoms with Gasteiger partial charge in [0.25, 0.3) is 0 Å². The summed E-state index contributed by atoms with van der Waals surface area (Å²) in [5, 5.41) is 30.4. The van der Waals surface area contributed by atoms with Gasteiger partial charge in [0, 0.05) is 13.1 Å². The number of carbonyl (C=O) groups is 2. The van der Waals surface area contributed by atoms with Gasteiger partial charge in [0.1, 0.15) is 0 Å². The molecule has 7 nitrogen and oxygen atoms in total. The number of urea groups is 1.